The minimum Gasteiger partial charge on any atom is -0.497 e. The molecule has 0 saturated carbocycles. The van der Waals surface area contributed by atoms with Crippen molar-refractivity contribution < 1.29 is 18.3 Å². The van der Waals surface area contributed by atoms with Crippen LogP contribution in [-0.4, -0.2) is 12.1 Å². The SMILES string of the molecule is COc1ccc2[nH]c(=O)cc(Oc3ccc(N)cc3F)c2c1.Nc1ccc(F)cc1. The van der Waals surface area contributed by atoms with E-state index in [1.54, 1.807) is 18.2 Å². The van der Waals surface area contributed by atoms with E-state index in [1.165, 1.54) is 49.6 Å². The summed E-state index contributed by atoms with van der Waals surface area (Å²) in [6.07, 6.45) is 0. The number of halogens is 2. The number of fused-ring (bicyclic) bond motifs is 1. The fourth-order valence-electron chi connectivity index (χ4n) is 2.59. The van der Waals surface area contributed by atoms with Gasteiger partial charge in [-0.25, -0.2) is 8.78 Å². The van der Waals surface area contributed by atoms with Gasteiger partial charge in [0.1, 0.15) is 17.3 Å². The number of benzene rings is 3. The van der Waals surface area contributed by atoms with E-state index in [0.717, 1.165) is 6.07 Å². The van der Waals surface area contributed by atoms with E-state index in [2.05, 4.69) is 4.98 Å². The molecule has 1 aromatic heterocycles. The van der Waals surface area contributed by atoms with Crippen LogP contribution in [0.1, 0.15) is 0 Å². The number of H-pyrrole nitrogens is 1. The number of methoxy groups -OCH3 is 1. The van der Waals surface area contributed by atoms with Gasteiger partial charge >= 0.3 is 0 Å². The van der Waals surface area contributed by atoms with Gasteiger partial charge in [-0.05, 0) is 54.6 Å². The second-order valence-corrected chi connectivity index (χ2v) is 6.25. The van der Waals surface area contributed by atoms with Crippen LogP contribution in [0.5, 0.6) is 17.2 Å². The summed E-state index contributed by atoms with van der Waals surface area (Å²) in [7, 11) is 1.53. The molecule has 4 rings (SSSR count). The Morgan fingerprint density at radius 2 is 1.53 bits per heavy atom. The third kappa shape index (κ3) is 5.05. The van der Waals surface area contributed by atoms with Crippen molar-refractivity contribution in [2.24, 2.45) is 0 Å². The highest BCUT2D eigenvalue weighted by molar-refractivity contribution is 5.86. The summed E-state index contributed by atoms with van der Waals surface area (Å²) in [5.41, 5.74) is 11.9. The van der Waals surface area contributed by atoms with Gasteiger partial charge in [-0.1, -0.05) is 0 Å². The second kappa shape index (κ2) is 8.95. The van der Waals surface area contributed by atoms with E-state index in [9.17, 15) is 13.6 Å². The van der Waals surface area contributed by atoms with Crippen LogP contribution in [-0.2, 0) is 0 Å². The van der Waals surface area contributed by atoms with Crippen LogP contribution in [0.4, 0.5) is 20.2 Å². The molecule has 1 heterocycles. The number of pyridine rings is 1. The van der Waals surface area contributed by atoms with E-state index < -0.39 is 5.82 Å². The largest absolute Gasteiger partial charge is 0.497 e. The molecule has 6 nitrogen and oxygen atoms in total. The Hall–Kier alpha value is -4.07. The Balaban J connectivity index is 0.000000269. The van der Waals surface area contributed by atoms with Crippen molar-refractivity contribution in [3.05, 3.63) is 88.7 Å². The van der Waals surface area contributed by atoms with Crippen LogP contribution in [0.2, 0.25) is 0 Å². The number of nitrogens with two attached hydrogens (primary N) is 2. The summed E-state index contributed by atoms with van der Waals surface area (Å²) in [6, 6.07) is 16.2. The van der Waals surface area contributed by atoms with Gasteiger partial charge in [-0.3, -0.25) is 4.79 Å². The van der Waals surface area contributed by atoms with Gasteiger partial charge in [-0.15, -0.1) is 0 Å². The van der Waals surface area contributed by atoms with Crippen LogP contribution < -0.4 is 26.5 Å². The maximum atomic E-state index is 13.9. The number of nitrogen functional groups attached to an aromatic ring is 2. The fourth-order valence-corrected chi connectivity index (χ4v) is 2.59. The van der Waals surface area contributed by atoms with Gasteiger partial charge in [0.25, 0.3) is 5.56 Å². The average molecular weight is 411 g/mol. The normalized spacial score (nSPS) is 10.2. The Morgan fingerprint density at radius 1 is 0.833 bits per heavy atom. The molecule has 0 aliphatic heterocycles. The van der Waals surface area contributed by atoms with Gasteiger partial charge in [-0.2, -0.15) is 0 Å². The number of hydrogen-bond donors (Lipinski definition) is 3. The van der Waals surface area contributed by atoms with Crippen LogP contribution in [0.25, 0.3) is 10.9 Å². The maximum absolute atomic E-state index is 13.9. The molecule has 0 unspecified atom stereocenters. The molecule has 5 N–H and O–H groups in total. The van der Waals surface area contributed by atoms with Crippen LogP contribution in [0, 0.1) is 11.6 Å². The standard InChI is InChI=1S/C16H13FN2O3.C6H6FN/c1-21-10-3-4-13-11(7-10)15(8-16(20)19-13)22-14-5-2-9(18)6-12(14)17;7-5-1-3-6(8)4-2-5/h2-8H,18H2,1H3,(H,19,20);1-4H,8H2. The summed E-state index contributed by atoms with van der Waals surface area (Å²) in [5, 5.41) is 0.607. The van der Waals surface area contributed by atoms with Crippen molar-refractivity contribution in [1.29, 1.82) is 0 Å². The molecule has 154 valence electrons. The van der Waals surface area contributed by atoms with Crippen LogP contribution >= 0.6 is 0 Å². The highest BCUT2D eigenvalue weighted by Crippen LogP contribution is 2.31. The molecule has 0 saturated heterocycles. The topological polar surface area (TPSA) is 103 Å². The number of anilines is 2. The zero-order valence-corrected chi connectivity index (χ0v) is 16.0. The first kappa shape index (κ1) is 20.7. The number of hydrogen-bond acceptors (Lipinski definition) is 5. The van der Waals surface area contributed by atoms with Crippen molar-refractivity contribution in [1.82, 2.24) is 4.98 Å². The lowest BCUT2D eigenvalue weighted by molar-refractivity contribution is 0.414. The van der Waals surface area contributed by atoms with E-state index in [1.807, 2.05) is 0 Å². The number of nitrogens with one attached hydrogen (secondary N) is 1. The highest BCUT2D eigenvalue weighted by Gasteiger charge is 2.10. The van der Waals surface area contributed by atoms with E-state index in [0.29, 0.717) is 28.0 Å². The molecular weight excluding hydrogens is 392 g/mol. The number of aromatic nitrogens is 1. The van der Waals surface area contributed by atoms with Gasteiger partial charge in [0.2, 0.25) is 0 Å². The van der Waals surface area contributed by atoms with Gasteiger partial charge in [0.05, 0.1) is 12.6 Å². The van der Waals surface area contributed by atoms with E-state index in [4.69, 9.17) is 20.9 Å². The zero-order chi connectivity index (χ0) is 21.7. The quantitative estimate of drug-likeness (QED) is 0.432. The second-order valence-electron chi connectivity index (χ2n) is 6.25. The summed E-state index contributed by atoms with van der Waals surface area (Å²) in [6.45, 7) is 0. The highest BCUT2D eigenvalue weighted by atomic mass is 19.1. The molecule has 3 aromatic carbocycles. The molecule has 0 fully saturated rings. The molecule has 0 aliphatic rings. The predicted molar refractivity (Wildman–Crippen MR) is 113 cm³/mol. The van der Waals surface area contributed by atoms with Crippen molar-refractivity contribution in [3.8, 4) is 17.2 Å². The first-order chi connectivity index (χ1) is 14.4. The Kier molecular flexibility index (Phi) is 6.17. The predicted octanol–water partition coefficient (Wildman–Crippen LogP) is 4.46. The molecule has 0 radical (unpaired) electrons. The van der Waals surface area contributed by atoms with E-state index in [-0.39, 0.29) is 22.9 Å². The lowest BCUT2D eigenvalue weighted by Gasteiger charge is -2.10. The Bertz CT molecular complexity index is 1200. The molecule has 0 spiro atoms. The number of ether oxygens (including phenoxy) is 2. The van der Waals surface area contributed by atoms with Crippen molar-refractivity contribution >= 4 is 22.3 Å². The monoisotopic (exact) mass is 411 g/mol. The van der Waals surface area contributed by atoms with Gasteiger partial charge < -0.3 is 25.9 Å². The van der Waals surface area contributed by atoms with Gasteiger partial charge in [0.15, 0.2) is 11.6 Å². The van der Waals surface area contributed by atoms with Crippen molar-refractivity contribution in [2.75, 3.05) is 18.6 Å². The third-order valence-electron chi connectivity index (χ3n) is 4.06. The molecule has 4 aromatic rings. The average Bonchev–Trinajstić information content (AvgIpc) is 2.72. The maximum Gasteiger partial charge on any atom is 0.252 e. The summed E-state index contributed by atoms with van der Waals surface area (Å²) >= 11 is 0. The molecule has 0 bridgehead atoms. The lowest BCUT2D eigenvalue weighted by atomic mass is 10.2. The minimum absolute atomic E-state index is 0.0103. The number of rotatable bonds is 3. The van der Waals surface area contributed by atoms with Crippen LogP contribution in [0.15, 0.2) is 71.5 Å². The minimum atomic E-state index is -0.601. The zero-order valence-electron chi connectivity index (χ0n) is 16.0. The van der Waals surface area contributed by atoms with Gasteiger partial charge in [0, 0.05) is 28.9 Å². The molecule has 30 heavy (non-hydrogen) atoms. The summed E-state index contributed by atoms with van der Waals surface area (Å²) in [4.78, 5) is 14.4. The molecule has 8 heteroatoms. The van der Waals surface area contributed by atoms with Crippen LogP contribution in [0.3, 0.4) is 0 Å². The lowest BCUT2D eigenvalue weighted by Crippen LogP contribution is -2.05. The first-order valence-corrected chi connectivity index (χ1v) is 8.80. The number of aromatic amines is 1. The Morgan fingerprint density at radius 3 is 2.17 bits per heavy atom. The Labute approximate surface area is 170 Å². The van der Waals surface area contributed by atoms with E-state index >= 15 is 0 Å². The third-order valence-corrected chi connectivity index (χ3v) is 4.06. The molecular formula is C22H19F2N3O3. The fraction of sp³-hybridized carbons (Fsp3) is 0.0455. The summed E-state index contributed by atoms with van der Waals surface area (Å²) < 4.78 is 36.6. The molecule has 0 amide bonds. The smallest absolute Gasteiger partial charge is 0.252 e. The first-order valence-electron chi connectivity index (χ1n) is 8.80. The molecule has 0 atom stereocenters. The summed E-state index contributed by atoms with van der Waals surface area (Å²) in [5.74, 6) is -0.0250. The van der Waals surface area contributed by atoms with Crippen molar-refractivity contribution in [3.63, 3.8) is 0 Å². The molecule has 0 aliphatic carbocycles. The van der Waals surface area contributed by atoms with Crippen molar-refractivity contribution in [2.45, 2.75) is 0 Å².